The number of nitrogens with one attached hydrogen (secondary N) is 3. The third-order valence-electron chi connectivity index (χ3n) is 16.7. The Hall–Kier alpha value is -5.10. The van der Waals surface area contributed by atoms with Gasteiger partial charge in [0.15, 0.2) is 17.4 Å². The molecule has 6 aliphatic rings. The summed E-state index contributed by atoms with van der Waals surface area (Å²) in [6, 6.07) is 7.95. The van der Waals surface area contributed by atoms with E-state index in [1.54, 1.807) is 5.57 Å². The average Bonchev–Trinajstić information content (AvgIpc) is 3.63. The van der Waals surface area contributed by atoms with Crippen molar-refractivity contribution in [1.29, 1.82) is 0 Å². The molecule has 5 N–H and O–H groups in total. The number of aromatic carboxylic acids is 1. The van der Waals surface area contributed by atoms with Gasteiger partial charge in [0.05, 0.1) is 5.56 Å². The minimum atomic E-state index is -1.43. The smallest absolute Gasteiger partial charge is 0.336 e. The number of aromatic hydroxyl groups is 1. The first-order valence-electron chi connectivity index (χ1n) is 24.4. The molecule has 10 nitrogen and oxygen atoms in total. The van der Waals surface area contributed by atoms with E-state index in [4.69, 9.17) is 4.42 Å². The van der Waals surface area contributed by atoms with Crippen LogP contribution in [-0.4, -0.2) is 53.7 Å². The van der Waals surface area contributed by atoms with Crippen LogP contribution in [0.15, 0.2) is 63.3 Å². The van der Waals surface area contributed by atoms with Gasteiger partial charge in [-0.1, -0.05) is 71.6 Å². The molecule has 354 valence electrons. The van der Waals surface area contributed by atoms with E-state index in [0.29, 0.717) is 23.4 Å². The molecule has 2 amide bonds. The van der Waals surface area contributed by atoms with Crippen molar-refractivity contribution in [2.24, 2.45) is 46.3 Å². The molecule has 8 atom stereocenters. The van der Waals surface area contributed by atoms with E-state index in [9.17, 15) is 38.2 Å². The maximum Gasteiger partial charge on any atom is 0.336 e. The van der Waals surface area contributed by atoms with Gasteiger partial charge in [-0.2, -0.15) is 0 Å². The summed E-state index contributed by atoms with van der Waals surface area (Å²) >= 11 is 0. The minimum Gasteiger partial charge on any atom is -0.505 e. The number of carboxylic acids is 1. The van der Waals surface area contributed by atoms with Crippen molar-refractivity contribution in [2.75, 3.05) is 19.6 Å². The number of carbonyl (C=O) groups is 3. The van der Waals surface area contributed by atoms with Crippen molar-refractivity contribution >= 4 is 28.8 Å². The summed E-state index contributed by atoms with van der Waals surface area (Å²) in [5.41, 5.74) is 1.06. The Morgan fingerprint density at radius 1 is 0.864 bits per heavy atom. The molecule has 1 heterocycles. The van der Waals surface area contributed by atoms with Gasteiger partial charge in [-0.15, -0.1) is 0 Å². The van der Waals surface area contributed by atoms with Gasteiger partial charge in [-0.25, -0.2) is 13.6 Å². The monoisotopic (exact) mass is 907 g/mol. The van der Waals surface area contributed by atoms with E-state index in [2.05, 4.69) is 56.6 Å². The van der Waals surface area contributed by atoms with Crippen molar-refractivity contribution in [2.45, 2.75) is 124 Å². The Kier molecular flexibility index (Phi) is 13.8. The highest BCUT2D eigenvalue weighted by atomic mass is 19.1. The molecule has 0 spiro atoms. The quantitative estimate of drug-likeness (QED) is 0.0422. The van der Waals surface area contributed by atoms with Crippen LogP contribution in [0.25, 0.3) is 33.4 Å². The third-order valence-corrected chi connectivity index (χ3v) is 16.7. The molecular weight excluding hydrogens is 841 g/mol. The maximum atomic E-state index is 14.6. The van der Waals surface area contributed by atoms with Crippen LogP contribution in [0.4, 0.5) is 8.78 Å². The molecule has 5 aliphatic carbocycles. The zero-order chi connectivity index (χ0) is 47.1. The molecule has 12 heteroatoms. The van der Waals surface area contributed by atoms with Gasteiger partial charge in [0.1, 0.15) is 11.3 Å². The summed E-state index contributed by atoms with van der Waals surface area (Å²) in [7, 11) is 0. The van der Waals surface area contributed by atoms with Gasteiger partial charge >= 0.3 is 5.97 Å². The first-order valence-corrected chi connectivity index (χ1v) is 24.4. The van der Waals surface area contributed by atoms with Gasteiger partial charge in [0, 0.05) is 59.8 Å². The third kappa shape index (κ3) is 9.28. The second-order valence-corrected chi connectivity index (χ2v) is 21.0. The summed E-state index contributed by atoms with van der Waals surface area (Å²) < 4.78 is 34.9. The highest BCUT2D eigenvalue weighted by Crippen LogP contribution is 2.67. The van der Waals surface area contributed by atoms with Crippen LogP contribution in [0.5, 0.6) is 5.75 Å². The van der Waals surface area contributed by atoms with Crippen LogP contribution in [0.1, 0.15) is 139 Å². The SMILES string of the molecule is CC(C)CCCC(C)[C@H]1CCC2C3CC=C4CC(NCCCNC(=O)CCNC(=O)c5ccc(-c6c7cc(F)c(=O)cc-7oc7cc(O)c(F)cc67)c(C(=O)O)c5)CC[C@]4(C)C3CC[C@@]21C. The predicted octanol–water partition coefficient (Wildman–Crippen LogP) is 10.9. The number of rotatable bonds is 16. The van der Waals surface area contributed by atoms with Gasteiger partial charge in [-0.3, -0.25) is 14.4 Å². The fourth-order valence-electron chi connectivity index (χ4n) is 13.2. The van der Waals surface area contributed by atoms with E-state index in [-0.39, 0.29) is 63.4 Å². The minimum absolute atomic E-state index is 0.00499. The molecule has 5 unspecified atom stereocenters. The zero-order valence-electron chi connectivity index (χ0n) is 39.2. The normalized spacial score (nSPS) is 26.4. The highest BCUT2D eigenvalue weighted by molar-refractivity contribution is 6.09. The molecule has 3 fully saturated rings. The second kappa shape index (κ2) is 19.2. The fraction of sp³-hybridized carbons (Fsp3) is 0.556. The molecule has 0 aromatic heterocycles. The predicted molar refractivity (Wildman–Crippen MR) is 252 cm³/mol. The number of fused-ring (bicyclic) bond motifs is 7. The summed E-state index contributed by atoms with van der Waals surface area (Å²) in [5, 5.41) is 29.6. The topological polar surface area (TPSA) is 158 Å². The number of phenols is 1. The average molecular weight is 908 g/mol. The summed E-state index contributed by atoms with van der Waals surface area (Å²) in [6.45, 7) is 13.8. The highest BCUT2D eigenvalue weighted by Gasteiger charge is 2.59. The molecule has 3 saturated carbocycles. The van der Waals surface area contributed by atoms with Crippen molar-refractivity contribution in [1.82, 2.24) is 16.0 Å². The number of phenolic OH excluding ortho intramolecular Hbond substituents is 1. The van der Waals surface area contributed by atoms with E-state index in [0.717, 1.165) is 85.2 Å². The Balaban J connectivity index is 0.799. The van der Waals surface area contributed by atoms with E-state index < -0.39 is 34.7 Å². The lowest BCUT2D eigenvalue weighted by molar-refractivity contribution is -0.120. The Labute approximate surface area is 386 Å². The number of allylic oxidation sites excluding steroid dienone is 1. The largest absolute Gasteiger partial charge is 0.505 e. The number of hydrogen-bond acceptors (Lipinski definition) is 7. The molecule has 66 heavy (non-hydrogen) atoms. The lowest BCUT2D eigenvalue weighted by Gasteiger charge is -2.58. The summed E-state index contributed by atoms with van der Waals surface area (Å²) in [5.74, 6) is -0.319. The maximum absolute atomic E-state index is 14.6. The van der Waals surface area contributed by atoms with E-state index >= 15 is 0 Å². The molecule has 8 rings (SSSR count). The molecule has 1 aliphatic heterocycles. The first kappa shape index (κ1) is 47.4. The lowest BCUT2D eigenvalue weighted by Crippen LogP contribution is -2.51. The number of benzene rings is 3. The van der Waals surface area contributed by atoms with Crippen molar-refractivity contribution in [3.8, 4) is 28.2 Å². The Bertz CT molecular complexity index is 2550. The standard InChI is InChI=1S/C54H67F2N3O7/c1-30(2)8-6-9-31(3)40-14-15-41-36-13-11-33-25-34(16-19-53(33,4)42(36)17-20-54(40,41)5)57-21-7-22-58-49(62)18-23-59-51(63)32-10-12-35(37(24-32)52(64)65)50-38-26-43(55)45(60)28-47(38)66-48-29-46(61)44(56)27-39(48)50/h10-12,24,26-31,34,36,40-42,57,60H,6-9,13-23,25H2,1-5H3,(H,58,62)(H,59,63)(H,64,65)/t31?,34?,36?,40-,41?,42?,53+,54-/m1/s1. The van der Waals surface area contributed by atoms with Crippen LogP contribution in [0.3, 0.4) is 0 Å². The Morgan fingerprint density at radius 2 is 1.67 bits per heavy atom. The molecule has 0 radical (unpaired) electrons. The van der Waals surface area contributed by atoms with Gasteiger partial charge in [0.2, 0.25) is 11.3 Å². The molecule has 2 aromatic rings. The molecule has 0 bridgehead atoms. The Morgan fingerprint density at radius 3 is 2.44 bits per heavy atom. The van der Waals surface area contributed by atoms with Crippen molar-refractivity contribution in [3.63, 3.8) is 0 Å². The van der Waals surface area contributed by atoms with Crippen molar-refractivity contribution < 1.29 is 37.8 Å². The van der Waals surface area contributed by atoms with Crippen molar-refractivity contribution in [3.05, 3.63) is 87.1 Å². The number of carboxylic acid groups (broad SMARTS) is 1. The van der Waals surface area contributed by atoms with Gasteiger partial charge in [-0.05, 0) is 140 Å². The van der Waals surface area contributed by atoms with Crippen LogP contribution >= 0.6 is 0 Å². The summed E-state index contributed by atoms with van der Waals surface area (Å²) in [4.78, 5) is 50.6. The van der Waals surface area contributed by atoms with Crippen LogP contribution in [0, 0.1) is 58.0 Å². The van der Waals surface area contributed by atoms with Gasteiger partial charge in [0.25, 0.3) is 5.91 Å². The molecule has 0 saturated heterocycles. The zero-order valence-corrected chi connectivity index (χ0v) is 39.2. The molecule has 2 aromatic carbocycles. The molecular formula is C54H67F2N3O7. The lowest BCUT2D eigenvalue weighted by atomic mass is 9.47. The number of carbonyl (C=O) groups excluding carboxylic acids is 2. The number of halogens is 2. The van der Waals surface area contributed by atoms with Crippen LogP contribution in [0.2, 0.25) is 0 Å². The fourth-order valence-corrected chi connectivity index (χ4v) is 13.2. The number of hydrogen-bond donors (Lipinski definition) is 5. The van der Waals surface area contributed by atoms with E-state index in [1.807, 2.05) is 0 Å². The number of amides is 2. The van der Waals surface area contributed by atoms with Crippen LogP contribution in [-0.2, 0) is 4.79 Å². The van der Waals surface area contributed by atoms with Crippen LogP contribution < -0.4 is 21.4 Å². The van der Waals surface area contributed by atoms with Gasteiger partial charge < -0.3 is 30.6 Å². The van der Waals surface area contributed by atoms with E-state index in [1.165, 1.54) is 76.3 Å². The first-order chi connectivity index (χ1) is 31.5. The summed E-state index contributed by atoms with van der Waals surface area (Å²) in [6.07, 6.45) is 17.9. The second-order valence-electron chi connectivity index (χ2n) is 21.0.